The maximum Gasteiger partial charge on any atom is 0.224 e. The zero-order valence-corrected chi connectivity index (χ0v) is 8.25. The van der Waals surface area contributed by atoms with Crippen molar-refractivity contribution >= 4 is 5.91 Å². The Balaban J connectivity index is 2.29. The summed E-state index contributed by atoms with van der Waals surface area (Å²) < 4.78 is 0. The zero-order valence-electron chi connectivity index (χ0n) is 8.25. The van der Waals surface area contributed by atoms with Crippen molar-refractivity contribution in [1.82, 2.24) is 10.2 Å². The summed E-state index contributed by atoms with van der Waals surface area (Å²) in [5, 5.41) is 3.21. The lowest BCUT2D eigenvalue weighted by Gasteiger charge is -2.28. The first-order valence-electron chi connectivity index (χ1n) is 4.98. The molecule has 3 N–H and O–H groups in total. The summed E-state index contributed by atoms with van der Waals surface area (Å²) in [7, 11) is 0. The lowest BCUT2D eigenvalue weighted by Crippen LogP contribution is -2.47. The molecule has 0 bridgehead atoms. The highest BCUT2D eigenvalue weighted by Crippen LogP contribution is 2.01. The van der Waals surface area contributed by atoms with Gasteiger partial charge in [-0.1, -0.05) is 6.92 Å². The van der Waals surface area contributed by atoms with Crippen molar-refractivity contribution < 1.29 is 4.79 Å². The summed E-state index contributed by atoms with van der Waals surface area (Å²) in [5.74, 6) is 0.204. The average molecular weight is 185 g/mol. The van der Waals surface area contributed by atoms with E-state index in [1.807, 2.05) is 11.8 Å². The van der Waals surface area contributed by atoms with Gasteiger partial charge >= 0.3 is 0 Å². The molecule has 0 saturated carbocycles. The maximum absolute atomic E-state index is 11.6. The summed E-state index contributed by atoms with van der Waals surface area (Å²) in [6, 6.07) is 0.0300. The van der Waals surface area contributed by atoms with Crippen molar-refractivity contribution in [3.8, 4) is 0 Å². The molecule has 0 radical (unpaired) electrons. The van der Waals surface area contributed by atoms with Gasteiger partial charge in [0.15, 0.2) is 0 Å². The first-order valence-corrected chi connectivity index (χ1v) is 4.98. The van der Waals surface area contributed by atoms with E-state index < -0.39 is 0 Å². The summed E-state index contributed by atoms with van der Waals surface area (Å²) in [6.45, 7) is 5.49. The zero-order chi connectivity index (χ0) is 9.68. The Kier molecular flexibility index (Phi) is 4.18. The molecule has 1 saturated heterocycles. The molecule has 0 aromatic heterocycles. The fourth-order valence-corrected chi connectivity index (χ4v) is 1.41. The summed E-state index contributed by atoms with van der Waals surface area (Å²) in [6.07, 6.45) is 1.37. The number of carbonyl (C=O) groups excluding carboxylic acids is 1. The largest absolute Gasteiger partial charge is 0.340 e. The van der Waals surface area contributed by atoms with Crippen LogP contribution >= 0.6 is 0 Å². The minimum atomic E-state index is 0.0300. The van der Waals surface area contributed by atoms with Gasteiger partial charge in [0.25, 0.3) is 0 Å². The van der Waals surface area contributed by atoms with E-state index in [-0.39, 0.29) is 11.9 Å². The number of nitrogens with two attached hydrogens (primary N) is 1. The Morgan fingerprint density at radius 1 is 1.54 bits per heavy atom. The van der Waals surface area contributed by atoms with Crippen LogP contribution in [-0.2, 0) is 4.79 Å². The second-order valence-corrected chi connectivity index (χ2v) is 3.50. The quantitative estimate of drug-likeness (QED) is 0.626. The topological polar surface area (TPSA) is 58.4 Å². The van der Waals surface area contributed by atoms with Crippen LogP contribution in [0.5, 0.6) is 0 Å². The smallest absolute Gasteiger partial charge is 0.224 e. The van der Waals surface area contributed by atoms with Crippen molar-refractivity contribution in [1.29, 1.82) is 0 Å². The van der Waals surface area contributed by atoms with Crippen molar-refractivity contribution in [2.45, 2.75) is 25.8 Å². The Morgan fingerprint density at radius 2 is 2.15 bits per heavy atom. The van der Waals surface area contributed by atoms with Crippen LogP contribution in [0.4, 0.5) is 0 Å². The molecule has 0 aliphatic carbocycles. The van der Waals surface area contributed by atoms with Gasteiger partial charge in [0.2, 0.25) is 5.91 Å². The van der Waals surface area contributed by atoms with Crippen molar-refractivity contribution in [2.75, 3.05) is 26.2 Å². The van der Waals surface area contributed by atoms with E-state index in [0.717, 1.165) is 32.6 Å². The van der Waals surface area contributed by atoms with Gasteiger partial charge in [-0.25, -0.2) is 0 Å². The van der Waals surface area contributed by atoms with Crippen LogP contribution < -0.4 is 11.1 Å². The van der Waals surface area contributed by atoms with E-state index in [9.17, 15) is 4.79 Å². The molecule has 1 unspecified atom stereocenters. The first kappa shape index (κ1) is 10.5. The van der Waals surface area contributed by atoms with E-state index in [1.165, 1.54) is 0 Å². The minimum Gasteiger partial charge on any atom is -0.340 e. The molecule has 76 valence electrons. The molecular formula is C9H19N3O. The third-order valence-electron chi connectivity index (χ3n) is 2.43. The molecule has 1 aliphatic rings. The molecule has 4 heteroatoms. The molecule has 1 heterocycles. The molecular weight excluding hydrogens is 166 g/mol. The maximum atomic E-state index is 11.6. The summed E-state index contributed by atoms with van der Waals surface area (Å²) in [4.78, 5) is 13.5. The predicted molar refractivity (Wildman–Crippen MR) is 52.3 cm³/mol. The van der Waals surface area contributed by atoms with Crippen LogP contribution in [0.1, 0.15) is 19.8 Å². The predicted octanol–water partition coefficient (Wildman–Crippen LogP) is -0.454. The van der Waals surface area contributed by atoms with Crippen LogP contribution in [0.15, 0.2) is 0 Å². The molecule has 0 aromatic carbocycles. The SMILES string of the molecule is CCC(N)CC(=O)N1CCNCC1. The van der Waals surface area contributed by atoms with Crippen LogP contribution in [0.2, 0.25) is 0 Å². The van der Waals surface area contributed by atoms with Crippen molar-refractivity contribution in [3.63, 3.8) is 0 Å². The normalized spacial score (nSPS) is 20.0. The highest BCUT2D eigenvalue weighted by Gasteiger charge is 2.17. The first-order chi connectivity index (χ1) is 6.24. The Hall–Kier alpha value is -0.610. The second-order valence-electron chi connectivity index (χ2n) is 3.50. The van der Waals surface area contributed by atoms with Crippen LogP contribution in [0.25, 0.3) is 0 Å². The van der Waals surface area contributed by atoms with Gasteiger partial charge in [0, 0.05) is 38.6 Å². The van der Waals surface area contributed by atoms with Gasteiger partial charge in [0.05, 0.1) is 0 Å². The highest BCUT2D eigenvalue weighted by molar-refractivity contribution is 5.76. The molecule has 1 atom stereocenters. The molecule has 13 heavy (non-hydrogen) atoms. The molecule has 4 nitrogen and oxygen atoms in total. The van der Waals surface area contributed by atoms with Gasteiger partial charge < -0.3 is 16.0 Å². The molecule has 1 fully saturated rings. The fourth-order valence-electron chi connectivity index (χ4n) is 1.41. The Labute approximate surface area is 79.5 Å². The number of carbonyl (C=O) groups is 1. The number of hydrogen-bond donors (Lipinski definition) is 2. The van der Waals surface area contributed by atoms with E-state index in [0.29, 0.717) is 6.42 Å². The van der Waals surface area contributed by atoms with Gasteiger partial charge in [-0.3, -0.25) is 4.79 Å². The highest BCUT2D eigenvalue weighted by atomic mass is 16.2. The minimum absolute atomic E-state index is 0.0300. The molecule has 1 amide bonds. The third-order valence-corrected chi connectivity index (χ3v) is 2.43. The van der Waals surface area contributed by atoms with Crippen molar-refractivity contribution in [2.24, 2.45) is 5.73 Å². The number of rotatable bonds is 3. The third kappa shape index (κ3) is 3.32. The fraction of sp³-hybridized carbons (Fsp3) is 0.889. The number of piperazine rings is 1. The van der Waals surface area contributed by atoms with Gasteiger partial charge in [-0.2, -0.15) is 0 Å². The molecule has 1 aliphatic heterocycles. The average Bonchev–Trinajstić information content (AvgIpc) is 2.19. The van der Waals surface area contributed by atoms with Crippen molar-refractivity contribution in [3.05, 3.63) is 0 Å². The summed E-state index contributed by atoms with van der Waals surface area (Å²) in [5.41, 5.74) is 5.72. The molecule has 0 spiro atoms. The monoisotopic (exact) mass is 185 g/mol. The van der Waals surface area contributed by atoms with E-state index in [1.54, 1.807) is 0 Å². The summed E-state index contributed by atoms with van der Waals surface area (Å²) >= 11 is 0. The lowest BCUT2D eigenvalue weighted by atomic mass is 10.1. The second kappa shape index (κ2) is 5.19. The number of amides is 1. The van der Waals surface area contributed by atoms with Crippen LogP contribution in [-0.4, -0.2) is 43.0 Å². The molecule has 0 aromatic rings. The van der Waals surface area contributed by atoms with Gasteiger partial charge in [-0.05, 0) is 6.42 Å². The Bertz CT molecular complexity index is 166. The van der Waals surface area contributed by atoms with Gasteiger partial charge in [0.1, 0.15) is 0 Å². The number of nitrogens with one attached hydrogen (secondary N) is 1. The van der Waals surface area contributed by atoms with Crippen LogP contribution in [0.3, 0.4) is 0 Å². The molecule has 1 rings (SSSR count). The van der Waals surface area contributed by atoms with Crippen LogP contribution in [0, 0.1) is 0 Å². The van der Waals surface area contributed by atoms with E-state index in [2.05, 4.69) is 5.32 Å². The lowest BCUT2D eigenvalue weighted by molar-refractivity contribution is -0.132. The van der Waals surface area contributed by atoms with E-state index in [4.69, 9.17) is 5.73 Å². The van der Waals surface area contributed by atoms with E-state index >= 15 is 0 Å². The number of nitrogens with zero attached hydrogens (tertiary/aromatic N) is 1. The number of hydrogen-bond acceptors (Lipinski definition) is 3. The standard InChI is InChI=1S/C9H19N3O/c1-2-8(10)7-9(13)12-5-3-11-4-6-12/h8,11H,2-7,10H2,1H3. The van der Waals surface area contributed by atoms with Gasteiger partial charge in [-0.15, -0.1) is 0 Å². The Morgan fingerprint density at radius 3 is 2.69 bits per heavy atom.